The SMILES string of the molecule is CCOc1ccc(NC(=S)N/N=C(/C)c2cc3cccc(OCC)c3o2)cc1. The van der Waals surface area contributed by atoms with Crippen molar-refractivity contribution in [2.75, 3.05) is 18.5 Å². The van der Waals surface area contributed by atoms with E-state index >= 15 is 0 Å². The lowest BCUT2D eigenvalue weighted by atomic mass is 10.2. The van der Waals surface area contributed by atoms with Gasteiger partial charge >= 0.3 is 0 Å². The zero-order valence-corrected chi connectivity index (χ0v) is 16.9. The van der Waals surface area contributed by atoms with Crippen molar-refractivity contribution in [3.8, 4) is 11.5 Å². The van der Waals surface area contributed by atoms with Gasteiger partial charge in [-0.05, 0) is 69.4 Å². The molecule has 0 bridgehead atoms. The third-order valence-electron chi connectivity index (χ3n) is 3.91. The predicted molar refractivity (Wildman–Crippen MR) is 117 cm³/mol. The summed E-state index contributed by atoms with van der Waals surface area (Å²) in [6.45, 7) is 6.96. The molecule has 1 heterocycles. The van der Waals surface area contributed by atoms with Crippen molar-refractivity contribution in [2.24, 2.45) is 5.10 Å². The third-order valence-corrected chi connectivity index (χ3v) is 4.11. The van der Waals surface area contributed by atoms with Crippen LogP contribution < -0.4 is 20.2 Å². The minimum absolute atomic E-state index is 0.384. The Bertz CT molecular complexity index is 980. The van der Waals surface area contributed by atoms with Crippen LogP contribution in [0.3, 0.4) is 0 Å². The van der Waals surface area contributed by atoms with E-state index in [1.54, 1.807) is 0 Å². The second-order valence-corrected chi connectivity index (χ2v) is 6.35. The van der Waals surface area contributed by atoms with E-state index in [0.29, 0.717) is 35.4 Å². The van der Waals surface area contributed by atoms with Crippen molar-refractivity contribution in [1.29, 1.82) is 0 Å². The van der Waals surface area contributed by atoms with E-state index < -0.39 is 0 Å². The van der Waals surface area contributed by atoms with E-state index in [2.05, 4.69) is 15.8 Å². The van der Waals surface area contributed by atoms with E-state index in [9.17, 15) is 0 Å². The smallest absolute Gasteiger partial charge is 0.191 e. The number of hydrazone groups is 1. The quantitative estimate of drug-likeness (QED) is 0.334. The summed E-state index contributed by atoms with van der Waals surface area (Å²) < 4.78 is 17.0. The Balaban J connectivity index is 1.65. The van der Waals surface area contributed by atoms with E-state index in [1.807, 2.05) is 69.3 Å². The summed E-state index contributed by atoms with van der Waals surface area (Å²) in [4.78, 5) is 0. The maximum atomic E-state index is 5.93. The fraction of sp³-hybridized carbons (Fsp3) is 0.238. The summed E-state index contributed by atoms with van der Waals surface area (Å²) in [7, 11) is 0. The number of benzene rings is 2. The minimum Gasteiger partial charge on any atom is -0.494 e. The van der Waals surface area contributed by atoms with E-state index in [1.165, 1.54) is 0 Å². The molecule has 146 valence electrons. The zero-order chi connectivity index (χ0) is 19.9. The highest BCUT2D eigenvalue weighted by molar-refractivity contribution is 7.80. The standard InChI is InChI=1S/C21H23N3O3S/c1-4-25-17-11-9-16(10-12-17)22-21(28)24-23-14(3)19-13-15-7-6-8-18(26-5-2)20(15)27-19/h6-13H,4-5H2,1-3H3,(H2,22,24,28)/b23-14-. The number of hydrogen-bond acceptors (Lipinski definition) is 5. The second kappa shape index (κ2) is 9.23. The lowest BCUT2D eigenvalue weighted by Crippen LogP contribution is -2.24. The summed E-state index contributed by atoms with van der Waals surface area (Å²) >= 11 is 5.30. The molecule has 2 aromatic carbocycles. The number of furan rings is 1. The Morgan fingerprint density at radius 1 is 1.07 bits per heavy atom. The second-order valence-electron chi connectivity index (χ2n) is 5.94. The molecule has 0 aliphatic carbocycles. The Morgan fingerprint density at radius 3 is 2.54 bits per heavy atom. The molecule has 0 aliphatic heterocycles. The molecule has 0 amide bonds. The van der Waals surface area contributed by atoms with Crippen LogP contribution in [-0.4, -0.2) is 24.0 Å². The number of rotatable bonds is 7. The van der Waals surface area contributed by atoms with Crippen molar-refractivity contribution >= 4 is 39.7 Å². The first kappa shape index (κ1) is 19.7. The summed E-state index contributed by atoms with van der Waals surface area (Å²) in [6.07, 6.45) is 0. The Kier molecular flexibility index (Phi) is 6.49. The average Bonchev–Trinajstić information content (AvgIpc) is 3.14. The number of nitrogens with zero attached hydrogens (tertiary/aromatic N) is 1. The fourth-order valence-electron chi connectivity index (χ4n) is 2.63. The summed E-state index contributed by atoms with van der Waals surface area (Å²) in [6, 6.07) is 15.3. The molecule has 0 unspecified atom stereocenters. The summed E-state index contributed by atoms with van der Waals surface area (Å²) in [5.74, 6) is 2.19. The molecule has 0 radical (unpaired) electrons. The Labute approximate surface area is 169 Å². The van der Waals surface area contributed by atoms with E-state index in [4.69, 9.17) is 26.1 Å². The number of thiocarbonyl (C=S) groups is 1. The van der Waals surface area contributed by atoms with Crippen LogP contribution in [-0.2, 0) is 0 Å². The largest absolute Gasteiger partial charge is 0.494 e. The zero-order valence-electron chi connectivity index (χ0n) is 16.1. The van der Waals surface area contributed by atoms with Gasteiger partial charge in [0.25, 0.3) is 0 Å². The number of hydrogen-bond donors (Lipinski definition) is 2. The molecular formula is C21H23N3O3S. The maximum Gasteiger partial charge on any atom is 0.191 e. The van der Waals surface area contributed by atoms with E-state index in [-0.39, 0.29) is 0 Å². The predicted octanol–water partition coefficient (Wildman–Crippen LogP) is 4.94. The van der Waals surface area contributed by atoms with Crippen molar-refractivity contribution < 1.29 is 13.9 Å². The van der Waals surface area contributed by atoms with Crippen LogP contribution in [0.25, 0.3) is 11.0 Å². The molecule has 0 atom stereocenters. The topological polar surface area (TPSA) is 68.0 Å². The van der Waals surface area contributed by atoms with Gasteiger partial charge in [-0.25, -0.2) is 0 Å². The highest BCUT2D eigenvalue weighted by Crippen LogP contribution is 2.29. The summed E-state index contributed by atoms with van der Waals surface area (Å²) in [5, 5.41) is 8.74. The molecule has 0 spiro atoms. The highest BCUT2D eigenvalue weighted by Gasteiger charge is 2.11. The first-order valence-corrected chi connectivity index (χ1v) is 9.51. The molecule has 28 heavy (non-hydrogen) atoms. The molecule has 0 aliphatic rings. The molecule has 3 rings (SSSR count). The van der Waals surface area contributed by atoms with Gasteiger partial charge in [0.05, 0.1) is 13.2 Å². The summed E-state index contributed by atoms with van der Waals surface area (Å²) in [5.41, 5.74) is 5.07. The number of para-hydroxylation sites is 1. The monoisotopic (exact) mass is 397 g/mol. The molecule has 0 fully saturated rings. The molecule has 2 N–H and O–H groups in total. The van der Waals surface area contributed by atoms with Crippen LogP contribution in [0.1, 0.15) is 26.5 Å². The lowest BCUT2D eigenvalue weighted by molar-refractivity contribution is 0.338. The third kappa shape index (κ3) is 4.80. The number of ether oxygens (including phenoxy) is 2. The maximum absolute atomic E-state index is 5.93. The van der Waals surface area contributed by atoms with Crippen molar-refractivity contribution in [3.63, 3.8) is 0 Å². The van der Waals surface area contributed by atoms with Gasteiger partial charge in [-0.15, -0.1) is 0 Å². The first-order valence-electron chi connectivity index (χ1n) is 9.10. The number of nitrogens with one attached hydrogen (secondary N) is 2. The van der Waals surface area contributed by atoms with Gasteiger partial charge in [0.1, 0.15) is 11.5 Å². The fourth-order valence-corrected chi connectivity index (χ4v) is 2.80. The minimum atomic E-state index is 0.384. The molecule has 7 heteroatoms. The van der Waals surface area contributed by atoms with Crippen LogP contribution in [0.2, 0.25) is 0 Å². The molecule has 3 aromatic rings. The van der Waals surface area contributed by atoms with Crippen molar-refractivity contribution in [2.45, 2.75) is 20.8 Å². The lowest BCUT2D eigenvalue weighted by Gasteiger charge is -2.08. The van der Waals surface area contributed by atoms with Gasteiger partial charge in [0, 0.05) is 11.1 Å². The van der Waals surface area contributed by atoms with E-state index in [0.717, 1.165) is 22.6 Å². The molecular weight excluding hydrogens is 374 g/mol. The average molecular weight is 398 g/mol. The number of fused-ring (bicyclic) bond motifs is 1. The van der Waals surface area contributed by atoms with Gasteiger partial charge in [-0.3, -0.25) is 5.43 Å². The van der Waals surface area contributed by atoms with Crippen LogP contribution >= 0.6 is 12.2 Å². The molecule has 0 saturated carbocycles. The van der Waals surface area contributed by atoms with Crippen LogP contribution in [0.5, 0.6) is 11.5 Å². The highest BCUT2D eigenvalue weighted by atomic mass is 32.1. The first-order chi connectivity index (χ1) is 13.6. The molecule has 1 aromatic heterocycles. The van der Waals surface area contributed by atoms with Crippen molar-refractivity contribution in [3.05, 3.63) is 54.3 Å². The van der Waals surface area contributed by atoms with Gasteiger partial charge in [-0.2, -0.15) is 5.10 Å². The normalized spacial score (nSPS) is 11.3. The molecule has 6 nitrogen and oxygen atoms in total. The Morgan fingerprint density at radius 2 is 1.82 bits per heavy atom. The van der Waals surface area contributed by atoms with Crippen LogP contribution in [0.15, 0.2) is 58.0 Å². The van der Waals surface area contributed by atoms with Gasteiger partial charge in [-0.1, -0.05) is 12.1 Å². The Hall–Kier alpha value is -3.06. The van der Waals surface area contributed by atoms with Gasteiger partial charge < -0.3 is 19.2 Å². The number of anilines is 1. The van der Waals surface area contributed by atoms with Crippen LogP contribution in [0.4, 0.5) is 5.69 Å². The molecule has 0 saturated heterocycles. The van der Waals surface area contributed by atoms with Gasteiger partial charge in [0.15, 0.2) is 22.2 Å². The van der Waals surface area contributed by atoms with Crippen LogP contribution in [0, 0.1) is 0 Å². The van der Waals surface area contributed by atoms with Crippen molar-refractivity contribution in [1.82, 2.24) is 5.43 Å². The van der Waals surface area contributed by atoms with Gasteiger partial charge in [0.2, 0.25) is 0 Å².